The molecule has 1 aliphatic heterocycles. The van der Waals surface area contributed by atoms with Crippen molar-refractivity contribution >= 4 is 20.7 Å². The first kappa shape index (κ1) is 17.4. The van der Waals surface area contributed by atoms with E-state index < -0.39 is 15.1 Å². The molecule has 0 amide bonds. The molecule has 1 aromatic heterocycles. The van der Waals surface area contributed by atoms with Crippen molar-refractivity contribution in [2.75, 3.05) is 13.1 Å². The van der Waals surface area contributed by atoms with E-state index in [1.807, 2.05) is 24.3 Å². The molecule has 0 N–H and O–H groups in total. The smallest absolute Gasteiger partial charge is 0.186 e. The minimum Gasteiger partial charge on any atom is -0.297 e. The first-order valence-corrected chi connectivity index (χ1v) is 10.8. The Morgan fingerprint density at radius 2 is 2.00 bits per heavy atom. The quantitative estimate of drug-likeness (QED) is 0.817. The molecule has 26 heavy (non-hydrogen) atoms. The van der Waals surface area contributed by atoms with Gasteiger partial charge in [-0.3, -0.25) is 9.88 Å². The molecular weight excluding hydrogens is 344 g/mol. The highest BCUT2D eigenvalue weighted by Gasteiger charge is 2.27. The number of allylic oxidation sites excluding steroid dienone is 3. The molecule has 2 atom stereocenters. The van der Waals surface area contributed by atoms with E-state index in [9.17, 15) is 8.42 Å². The highest BCUT2D eigenvalue weighted by Crippen LogP contribution is 2.31. The lowest BCUT2D eigenvalue weighted by molar-refractivity contribution is 0.264. The number of hydrogen-bond acceptors (Lipinski definition) is 4. The number of aromatic nitrogens is 1. The van der Waals surface area contributed by atoms with E-state index in [1.54, 1.807) is 18.2 Å². The Hall–Kier alpha value is -1.98. The number of fused-ring (bicyclic) bond motifs is 1. The molecule has 1 fully saturated rings. The summed E-state index contributed by atoms with van der Waals surface area (Å²) in [6.07, 6.45) is 11.9. The average Bonchev–Trinajstić information content (AvgIpc) is 3.22. The van der Waals surface area contributed by atoms with Gasteiger partial charge in [0.05, 0.1) is 15.7 Å². The van der Waals surface area contributed by atoms with E-state index >= 15 is 0 Å². The Bertz CT molecular complexity index is 973. The molecule has 136 valence electrons. The van der Waals surface area contributed by atoms with Crippen molar-refractivity contribution in [1.29, 1.82) is 0 Å². The number of hydrogen-bond donors (Lipinski definition) is 0. The summed E-state index contributed by atoms with van der Waals surface area (Å²) < 4.78 is 25.9. The second-order valence-corrected chi connectivity index (χ2v) is 9.31. The molecule has 2 aliphatic rings. The molecule has 1 aromatic carbocycles. The van der Waals surface area contributed by atoms with Gasteiger partial charge in [-0.15, -0.1) is 0 Å². The van der Waals surface area contributed by atoms with E-state index in [2.05, 4.69) is 22.9 Å². The third-order valence-corrected chi connectivity index (χ3v) is 7.55. The summed E-state index contributed by atoms with van der Waals surface area (Å²) >= 11 is 0. The number of rotatable bonds is 4. The predicted octanol–water partition coefficient (Wildman–Crippen LogP) is 4.05. The molecule has 0 spiro atoms. The standard InChI is InChI=1S/C21H24N2O2S/c1-16(23-12-5-6-13-23)20-11-7-8-17-14-19(15-22-21(17)20)26(24,25)18-9-3-2-4-10-18/h2-4,7-9,11,14-16,18H,5-6,10,12-13H2,1H3. The summed E-state index contributed by atoms with van der Waals surface area (Å²) in [5.41, 5.74) is 2.08. The van der Waals surface area contributed by atoms with Crippen LogP contribution in [0.15, 0.2) is 59.7 Å². The van der Waals surface area contributed by atoms with Gasteiger partial charge in [-0.05, 0) is 50.9 Å². The van der Waals surface area contributed by atoms with Crippen LogP contribution in [0, 0.1) is 0 Å². The van der Waals surface area contributed by atoms with Crippen LogP contribution in [-0.2, 0) is 9.84 Å². The molecule has 4 nitrogen and oxygen atoms in total. The van der Waals surface area contributed by atoms with Crippen LogP contribution < -0.4 is 0 Å². The lowest BCUT2D eigenvalue weighted by Crippen LogP contribution is -2.23. The van der Waals surface area contributed by atoms with Crippen molar-refractivity contribution in [3.05, 3.63) is 60.3 Å². The van der Waals surface area contributed by atoms with Gasteiger partial charge >= 0.3 is 0 Å². The average molecular weight is 369 g/mol. The van der Waals surface area contributed by atoms with Crippen LogP contribution in [0.3, 0.4) is 0 Å². The maximum atomic E-state index is 12.9. The maximum absolute atomic E-state index is 12.9. The maximum Gasteiger partial charge on any atom is 0.186 e. The first-order chi connectivity index (χ1) is 12.6. The number of benzene rings is 1. The number of para-hydroxylation sites is 1. The molecule has 1 saturated heterocycles. The second kappa shape index (κ2) is 6.97. The van der Waals surface area contributed by atoms with Crippen molar-refractivity contribution in [3.63, 3.8) is 0 Å². The highest BCUT2D eigenvalue weighted by atomic mass is 32.2. The van der Waals surface area contributed by atoms with Gasteiger partial charge < -0.3 is 0 Å². The molecule has 4 rings (SSSR count). The third-order valence-electron chi connectivity index (χ3n) is 5.52. The lowest BCUT2D eigenvalue weighted by atomic mass is 10.0. The Morgan fingerprint density at radius 1 is 1.19 bits per heavy atom. The molecule has 2 heterocycles. The Balaban J connectivity index is 1.72. The van der Waals surface area contributed by atoms with E-state index in [4.69, 9.17) is 0 Å². The van der Waals surface area contributed by atoms with Crippen molar-refractivity contribution in [2.24, 2.45) is 0 Å². The fraction of sp³-hybridized carbons (Fsp3) is 0.381. The van der Waals surface area contributed by atoms with Crippen LogP contribution in [0.25, 0.3) is 10.9 Å². The number of pyridine rings is 1. The monoisotopic (exact) mass is 368 g/mol. The Kier molecular flexibility index (Phi) is 4.67. The molecule has 0 saturated carbocycles. The van der Waals surface area contributed by atoms with Gasteiger partial charge in [-0.25, -0.2) is 8.42 Å². The molecule has 5 heteroatoms. The summed E-state index contributed by atoms with van der Waals surface area (Å²) in [5.74, 6) is 0. The topological polar surface area (TPSA) is 50.3 Å². The summed E-state index contributed by atoms with van der Waals surface area (Å²) in [7, 11) is -3.41. The predicted molar refractivity (Wildman–Crippen MR) is 105 cm³/mol. The van der Waals surface area contributed by atoms with Crippen molar-refractivity contribution in [2.45, 2.75) is 42.4 Å². The molecular formula is C21H24N2O2S. The summed E-state index contributed by atoms with van der Waals surface area (Å²) in [6.45, 7) is 4.45. The van der Waals surface area contributed by atoms with Gasteiger partial charge in [0.1, 0.15) is 0 Å². The van der Waals surface area contributed by atoms with Gasteiger partial charge in [0.25, 0.3) is 0 Å². The van der Waals surface area contributed by atoms with Crippen LogP contribution in [0.4, 0.5) is 0 Å². The normalized spacial score (nSPS) is 22.1. The number of nitrogens with zero attached hydrogens (tertiary/aromatic N) is 2. The zero-order chi connectivity index (χ0) is 18.1. The molecule has 2 unspecified atom stereocenters. The van der Waals surface area contributed by atoms with Crippen molar-refractivity contribution < 1.29 is 8.42 Å². The molecule has 0 radical (unpaired) electrons. The van der Waals surface area contributed by atoms with Crippen LogP contribution >= 0.6 is 0 Å². The first-order valence-electron chi connectivity index (χ1n) is 9.27. The second-order valence-electron chi connectivity index (χ2n) is 7.14. The van der Waals surface area contributed by atoms with Crippen LogP contribution in [0.1, 0.15) is 37.8 Å². The van der Waals surface area contributed by atoms with Crippen LogP contribution in [0.2, 0.25) is 0 Å². The van der Waals surface area contributed by atoms with E-state index in [-0.39, 0.29) is 0 Å². The molecule has 0 bridgehead atoms. The van der Waals surface area contributed by atoms with E-state index in [1.165, 1.54) is 24.6 Å². The van der Waals surface area contributed by atoms with Crippen LogP contribution in [0.5, 0.6) is 0 Å². The molecule has 1 aliphatic carbocycles. The SMILES string of the molecule is CC(c1cccc2cc(S(=O)(=O)C3C=CC=CC3)cnc12)N1CCCC1. The molecule has 2 aromatic rings. The third kappa shape index (κ3) is 3.10. The van der Waals surface area contributed by atoms with E-state index in [0.29, 0.717) is 17.4 Å². The fourth-order valence-corrected chi connectivity index (χ4v) is 5.45. The van der Waals surface area contributed by atoms with Gasteiger partial charge in [0.2, 0.25) is 0 Å². The highest BCUT2D eigenvalue weighted by molar-refractivity contribution is 7.92. The zero-order valence-electron chi connectivity index (χ0n) is 15.0. The number of sulfone groups is 1. The largest absolute Gasteiger partial charge is 0.297 e. The van der Waals surface area contributed by atoms with Crippen LogP contribution in [-0.4, -0.2) is 36.6 Å². The van der Waals surface area contributed by atoms with Gasteiger partial charge in [0.15, 0.2) is 9.84 Å². The van der Waals surface area contributed by atoms with Crippen molar-refractivity contribution in [1.82, 2.24) is 9.88 Å². The Morgan fingerprint density at radius 3 is 2.73 bits per heavy atom. The van der Waals surface area contributed by atoms with Gasteiger partial charge in [-0.2, -0.15) is 0 Å². The van der Waals surface area contributed by atoms with E-state index in [0.717, 1.165) is 24.0 Å². The summed E-state index contributed by atoms with van der Waals surface area (Å²) in [6, 6.07) is 8.15. The minimum atomic E-state index is -3.41. The fourth-order valence-electron chi connectivity index (χ4n) is 3.95. The minimum absolute atomic E-state index is 0.294. The summed E-state index contributed by atoms with van der Waals surface area (Å²) in [5, 5.41) is 0.392. The number of likely N-dealkylation sites (tertiary alicyclic amines) is 1. The Labute approximate surface area is 155 Å². The zero-order valence-corrected chi connectivity index (χ0v) is 15.8. The summed E-state index contributed by atoms with van der Waals surface area (Å²) in [4.78, 5) is 7.37. The van der Waals surface area contributed by atoms with Gasteiger partial charge in [0, 0.05) is 17.6 Å². The lowest BCUT2D eigenvalue weighted by Gasteiger charge is -2.25. The van der Waals surface area contributed by atoms with Gasteiger partial charge in [-0.1, -0.05) is 42.5 Å². The van der Waals surface area contributed by atoms with Crippen molar-refractivity contribution in [3.8, 4) is 0 Å².